The molecule has 1 aliphatic rings. The topological polar surface area (TPSA) is 70.6 Å². The second-order valence-electron chi connectivity index (χ2n) is 6.13. The average Bonchev–Trinajstić information content (AvgIpc) is 2.48. The first kappa shape index (κ1) is 14.5. The third-order valence-electron chi connectivity index (χ3n) is 3.72. The molecule has 0 aliphatic carbocycles. The number of hydrogen-bond donors (Lipinski definition) is 3. The van der Waals surface area contributed by atoms with Crippen molar-refractivity contribution >= 4 is 14.4 Å². The van der Waals surface area contributed by atoms with Gasteiger partial charge in [0.05, 0.1) is 12.1 Å². The number of hydrogen-bond acceptors (Lipinski definition) is 3. The van der Waals surface area contributed by atoms with Crippen LogP contribution in [0, 0.1) is 0 Å². The molecule has 0 aromatic carbocycles. The highest BCUT2D eigenvalue weighted by Crippen LogP contribution is 2.37. The van der Waals surface area contributed by atoms with Gasteiger partial charge in [0.15, 0.2) is 8.32 Å². The lowest BCUT2D eigenvalue weighted by molar-refractivity contribution is 0.152. The number of carboxylic acid groups (broad SMARTS) is 1. The molecule has 0 aromatic heterocycles. The Morgan fingerprint density at radius 1 is 1.41 bits per heavy atom. The van der Waals surface area contributed by atoms with E-state index < -0.39 is 14.4 Å². The van der Waals surface area contributed by atoms with Crippen LogP contribution in [0.1, 0.15) is 20.8 Å². The van der Waals surface area contributed by atoms with E-state index in [-0.39, 0.29) is 17.2 Å². The monoisotopic (exact) mass is 260 g/mol. The molecule has 3 N–H and O–H groups in total. The first-order valence-electron chi connectivity index (χ1n) is 6.01. The third kappa shape index (κ3) is 3.69. The number of rotatable bonds is 3. The standard InChI is InChI=1S/C11H24N2O3Si/c1-11(2,3)17(4,5)16-9-7-12-6-8(9)13-10(14)15/h8-9,12-13H,6-7H2,1-5H3,(H,14,15)/t8-,9-/m1/s1. The highest BCUT2D eigenvalue weighted by atomic mass is 28.4. The zero-order chi connectivity index (χ0) is 13.3. The van der Waals surface area contributed by atoms with Crippen LogP contribution < -0.4 is 10.6 Å². The van der Waals surface area contributed by atoms with E-state index in [2.05, 4.69) is 44.5 Å². The van der Waals surface area contributed by atoms with Crippen molar-refractivity contribution in [3.05, 3.63) is 0 Å². The molecule has 0 bridgehead atoms. The predicted octanol–water partition coefficient (Wildman–Crippen LogP) is 1.62. The van der Waals surface area contributed by atoms with Crippen molar-refractivity contribution in [3.63, 3.8) is 0 Å². The highest BCUT2D eigenvalue weighted by Gasteiger charge is 2.42. The quantitative estimate of drug-likeness (QED) is 0.674. The van der Waals surface area contributed by atoms with Crippen LogP contribution in [0.15, 0.2) is 0 Å². The van der Waals surface area contributed by atoms with Crippen LogP contribution in [0.2, 0.25) is 18.1 Å². The average molecular weight is 260 g/mol. The van der Waals surface area contributed by atoms with E-state index in [1.807, 2.05) is 0 Å². The molecule has 100 valence electrons. The molecule has 17 heavy (non-hydrogen) atoms. The largest absolute Gasteiger partial charge is 0.465 e. The Morgan fingerprint density at radius 2 is 2.00 bits per heavy atom. The van der Waals surface area contributed by atoms with Crippen LogP contribution >= 0.6 is 0 Å². The Labute approximate surface area is 104 Å². The van der Waals surface area contributed by atoms with E-state index in [0.29, 0.717) is 6.54 Å². The van der Waals surface area contributed by atoms with Gasteiger partial charge in [0.1, 0.15) is 0 Å². The molecule has 1 heterocycles. The maximum absolute atomic E-state index is 10.7. The van der Waals surface area contributed by atoms with Gasteiger partial charge in [-0.25, -0.2) is 4.79 Å². The minimum absolute atomic E-state index is 0.0491. The minimum atomic E-state index is -1.84. The second-order valence-corrected chi connectivity index (χ2v) is 10.9. The molecule has 2 atom stereocenters. The lowest BCUT2D eigenvalue weighted by atomic mass is 10.2. The fourth-order valence-corrected chi connectivity index (χ4v) is 2.99. The van der Waals surface area contributed by atoms with Gasteiger partial charge in [-0.15, -0.1) is 0 Å². The van der Waals surface area contributed by atoms with Crippen LogP contribution in [-0.4, -0.2) is 44.8 Å². The summed E-state index contributed by atoms with van der Waals surface area (Å²) in [6.45, 7) is 12.3. The molecule has 1 amide bonds. The summed E-state index contributed by atoms with van der Waals surface area (Å²) in [6.07, 6.45) is -1.03. The highest BCUT2D eigenvalue weighted by molar-refractivity contribution is 6.74. The lowest BCUT2D eigenvalue weighted by Gasteiger charge is -2.39. The zero-order valence-corrected chi connectivity index (χ0v) is 12.3. The molecule has 0 unspecified atom stereocenters. The first-order chi connectivity index (χ1) is 7.63. The van der Waals surface area contributed by atoms with E-state index in [4.69, 9.17) is 9.53 Å². The summed E-state index contributed by atoms with van der Waals surface area (Å²) in [4.78, 5) is 10.7. The van der Waals surface area contributed by atoms with E-state index >= 15 is 0 Å². The van der Waals surface area contributed by atoms with Gasteiger partial charge in [-0.2, -0.15) is 0 Å². The summed E-state index contributed by atoms with van der Waals surface area (Å²) in [5.74, 6) is 0. The summed E-state index contributed by atoms with van der Waals surface area (Å²) in [5.41, 5.74) is 0. The molecule has 1 aliphatic heterocycles. The fourth-order valence-electron chi connectivity index (χ4n) is 1.64. The summed E-state index contributed by atoms with van der Waals surface area (Å²) in [6, 6.07) is -0.137. The SMILES string of the molecule is CC(C)(C)[Si](C)(C)O[C@@H]1CNC[C@H]1NC(=O)O. The number of nitrogens with one attached hydrogen (secondary N) is 2. The van der Waals surface area contributed by atoms with E-state index in [9.17, 15) is 4.79 Å². The van der Waals surface area contributed by atoms with Gasteiger partial charge in [0.25, 0.3) is 0 Å². The van der Waals surface area contributed by atoms with Gasteiger partial charge < -0.3 is 20.2 Å². The molecule has 1 saturated heterocycles. The van der Waals surface area contributed by atoms with Crippen LogP contribution in [0.3, 0.4) is 0 Å². The molecule has 0 aromatic rings. The van der Waals surface area contributed by atoms with Crippen LogP contribution in [0.25, 0.3) is 0 Å². The fraction of sp³-hybridized carbons (Fsp3) is 0.909. The van der Waals surface area contributed by atoms with E-state index in [1.165, 1.54) is 0 Å². The Kier molecular flexibility index (Phi) is 4.22. The first-order valence-corrected chi connectivity index (χ1v) is 8.92. The molecule has 5 nitrogen and oxygen atoms in total. The molecule has 0 radical (unpaired) electrons. The summed E-state index contributed by atoms with van der Waals surface area (Å²) in [7, 11) is -1.84. The van der Waals surface area contributed by atoms with Crippen molar-refractivity contribution in [1.82, 2.24) is 10.6 Å². The predicted molar refractivity (Wildman–Crippen MR) is 69.9 cm³/mol. The van der Waals surface area contributed by atoms with Crippen molar-refractivity contribution in [2.75, 3.05) is 13.1 Å². The zero-order valence-electron chi connectivity index (χ0n) is 11.3. The number of carbonyl (C=O) groups is 1. The summed E-state index contributed by atoms with van der Waals surface area (Å²) >= 11 is 0. The molecule has 0 saturated carbocycles. The van der Waals surface area contributed by atoms with Crippen LogP contribution in [0.5, 0.6) is 0 Å². The third-order valence-corrected chi connectivity index (χ3v) is 8.22. The van der Waals surface area contributed by atoms with Crippen molar-refractivity contribution in [2.45, 2.75) is 51.0 Å². The minimum Gasteiger partial charge on any atom is -0.465 e. The molecular weight excluding hydrogens is 236 g/mol. The molecule has 1 rings (SSSR count). The van der Waals surface area contributed by atoms with Gasteiger partial charge in [0, 0.05) is 13.1 Å². The van der Waals surface area contributed by atoms with Gasteiger partial charge in [-0.3, -0.25) is 0 Å². The normalized spacial score (nSPS) is 25.9. The van der Waals surface area contributed by atoms with Gasteiger partial charge in [-0.1, -0.05) is 20.8 Å². The van der Waals surface area contributed by atoms with Crippen LogP contribution in [-0.2, 0) is 4.43 Å². The van der Waals surface area contributed by atoms with Gasteiger partial charge in [-0.05, 0) is 18.1 Å². The Morgan fingerprint density at radius 3 is 2.47 bits per heavy atom. The molecule has 0 spiro atoms. The maximum atomic E-state index is 10.7. The van der Waals surface area contributed by atoms with E-state index in [0.717, 1.165) is 6.54 Å². The number of amides is 1. The van der Waals surface area contributed by atoms with E-state index in [1.54, 1.807) is 0 Å². The van der Waals surface area contributed by atoms with Gasteiger partial charge >= 0.3 is 6.09 Å². The lowest BCUT2D eigenvalue weighted by Crippen LogP contribution is -2.51. The van der Waals surface area contributed by atoms with Gasteiger partial charge in [0.2, 0.25) is 0 Å². The van der Waals surface area contributed by atoms with Crippen molar-refractivity contribution < 1.29 is 14.3 Å². The Bertz CT molecular complexity index is 289. The molecule has 1 fully saturated rings. The molecule has 6 heteroatoms. The van der Waals surface area contributed by atoms with Crippen molar-refractivity contribution in [1.29, 1.82) is 0 Å². The maximum Gasteiger partial charge on any atom is 0.405 e. The van der Waals surface area contributed by atoms with Crippen molar-refractivity contribution in [3.8, 4) is 0 Å². The smallest absolute Gasteiger partial charge is 0.405 e. The van der Waals surface area contributed by atoms with Crippen LogP contribution in [0.4, 0.5) is 4.79 Å². The second kappa shape index (κ2) is 4.95. The Balaban J connectivity index is 2.64. The van der Waals surface area contributed by atoms with Crippen molar-refractivity contribution in [2.24, 2.45) is 0 Å². The Hall–Kier alpha value is -0.593. The molecular formula is C11H24N2O3Si. The summed E-state index contributed by atoms with van der Waals surface area (Å²) < 4.78 is 6.23. The summed E-state index contributed by atoms with van der Waals surface area (Å²) in [5, 5.41) is 14.6.